The number of hydrogen-bond acceptors (Lipinski definition) is 7. The number of rotatable bonds is 9. The lowest BCUT2D eigenvalue weighted by Crippen LogP contribution is -2.60. The zero-order valence-electron chi connectivity index (χ0n) is 23.9. The van der Waals surface area contributed by atoms with E-state index in [0.717, 1.165) is 30.6 Å². The zero-order chi connectivity index (χ0) is 28.9. The van der Waals surface area contributed by atoms with Crippen LogP contribution in [0, 0.1) is 12.8 Å². The third-order valence-electron chi connectivity index (χ3n) is 7.66. The van der Waals surface area contributed by atoms with Crippen molar-refractivity contribution >= 4 is 23.6 Å². The van der Waals surface area contributed by atoms with E-state index in [4.69, 9.17) is 4.84 Å². The first-order valence-electron chi connectivity index (χ1n) is 14.2. The first-order valence-corrected chi connectivity index (χ1v) is 15.2. The van der Waals surface area contributed by atoms with Gasteiger partial charge in [0, 0.05) is 27.3 Å². The molecule has 1 heterocycles. The number of hydroxylamine groups is 2. The van der Waals surface area contributed by atoms with Gasteiger partial charge in [-0.1, -0.05) is 37.1 Å². The monoisotopic (exact) mass is 569 g/mol. The van der Waals surface area contributed by atoms with E-state index in [0.29, 0.717) is 29.2 Å². The van der Waals surface area contributed by atoms with Crippen LogP contribution in [0.2, 0.25) is 0 Å². The maximum Gasteiger partial charge on any atom is 0.252 e. The van der Waals surface area contributed by atoms with Gasteiger partial charge in [-0.05, 0) is 77.1 Å². The molecule has 8 nitrogen and oxygen atoms in total. The Kier molecular flexibility index (Phi) is 10.2. The molecule has 2 fully saturated rings. The second-order valence-corrected chi connectivity index (χ2v) is 13.1. The molecule has 5 atom stereocenters. The minimum atomic E-state index is -1.01. The van der Waals surface area contributed by atoms with Crippen LogP contribution in [0.15, 0.2) is 53.4 Å². The van der Waals surface area contributed by atoms with Gasteiger partial charge < -0.3 is 20.8 Å². The number of phenols is 1. The molecule has 2 aliphatic rings. The summed E-state index contributed by atoms with van der Waals surface area (Å²) in [6, 6.07) is 13.5. The summed E-state index contributed by atoms with van der Waals surface area (Å²) in [6.45, 7) is 7.62. The molecule has 9 heteroatoms. The van der Waals surface area contributed by atoms with Crippen LogP contribution in [0.5, 0.6) is 5.75 Å². The smallest absolute Gasteiger partial charge is 0.252 e. The second-order valence-electron chi connectivity index (χ2n) is 12.0. The number of phenolic OH excluding ortho intramolecular Hbond substituents is 1. The number of aliphatic hydroxyl groups is 1. The highest BCUT2D eigenvalue weighted by Gasteiger charge is 2.43. The average Bonchev–Trinajstić information content (AvgIpc) is 2.91. The number of amides is 2. The summed E-state index contributed by atoms with van der Waals surface area (Å²) in [7, 11) is 0. The van der Waals surface area contributed by atoms with E-state index < -0.39 is 23.7 Å². The normalized spacial score (nSPS) is 23.1. The SMILES string of the molecule is Cc1c(O)cccc1C(=O)NC(CSc1ccccc1)C(O)CN1OC2CCCCC2CC1C(=O)NC(C)(C)C. The van der Waals surface area contributed by atoms with Gasteiger partial charge in [0.25, 0.3) is 5.91 Å². The van der Waals surface area contributed by atoms with Crippen molar-refractivity contribution in [2.45, 2.75) is 94.5 Å². The molecule has 0 bridgehead atoms. The van der Waals surface area contributed by atoms with Crippen LogP contribution < -0.4 is 10.6 Å². The summed E-state index contributed by atoms with van der Waals surface area (Å²) in [5.41, 5.74) is 0.432. The standard InChI is InChI=1S/C31H43N3O5S/c1-20-23(14-10-15-26(20)35)29(37)32-24(19-40-22-12-6-5-7-13-22)27(36)18-34-25(30(38)33-31(2,3)4)17-21-11-8-9-16-28(21)39-34/h5-7,10,12-15,21,24-25,27-28,35-36H,8-9,11,16-19H2,1-4H3,(H,32,37)(H,33,38). The number of hydrogen-bond donors (Lipinski definition) is 4. The third-order valence-corrected chi connectivity index (χ3v) is 8.79. The highest BCUT2D eigenvalue weighted by atomic mass is 32.2. The molecule has 4 rings (SSSR count). The lowest BCUT2D eigenvalue weighted by atomic mass is 9.81. The first kappa shape index (κ1) is 30.4. The first-order chi connectivity index (χ1) is 19.0. The van der Waals surface area contributed by atoms with Crippen molar-refractivity contribution in [3.8, 4) is 5.75 Å². The largest absolute Gasteiger partial charge is 0.508 e. The van der Waals surface area contributed by atoms with Crippen LogP contribution in [0.25, 0.3) is 0 Å². The van der Waals surface area contributed by atoms with Crippen molar-refractivity contribution in [3.63, 3.8) is 0 Å². The lowest BCUT2D eigenvalue weighted by molar-refractivity contribution is -0.276. The van der Waals surface area contributed by atoms with E-state index in [1.54, 1.807) is 30.2 Å². The molecule has 1 aliphatic heterocycles. The number of nitrogens with one attached hydrogen (secondary N) is 2. The van der Waals surface area contributed by atoms with Crippen LogP contribution in [0.4, 0.5) is 0 Å². The molecule has 218 valence electrons. The van der Waals surface area contributed by atoms with Crippen molar-refractivity contribution in [2.75, 3.05) is 12.3 Å². The zero-order valence-corrected chi connectivity index (χ0v) is 24.7. The van der Waals surface area contributed by atoms with Gasteiger partial charge in [-0.2, -0.15) is 5.06 Å². The van der Waals surface area contributed by atoms with Crippen LogP contribution in [-0.2, 0) is 9.63 Å². The van der Waals surface area contributed by atoms with Crippen molar-refractivity contribution < 1.29 is 24.6 Å². The topological polar surface area (TPSA) is 111 Å². The van der Waals surface area contributed by atoms with E-state index >= 15 is 0 Å². The Morgan fingerprint density at radius 2 is 1.82 bits per heavy atom. The molecular weight excluding hydrogens is 526 g/mol. The molecule has 1 aliphatic carbocycles. The van der Waals surface area contributed by atoms with Gasteiger partial charge in [0.15, 0.2) is 0 Å². The van der Waals surface area contributed by atoms with Gasteiger partial charge in [0.1, 0.15) is 11.8 Å². The highest BCUT2D eigenvalue weighted by Crippen LogP contribution is 2.36. The van der Waals surface area contributed by atoms with Crippen LogP contribution >= 0.6 is 11.8 Å². The number of aliphatic hydroxyl groups excluding tert-OH is 1. The number of β-amino-alcohol motifs (C(OH)–C–C–N with tert-alkyl or cyclic N) is 1. The fourth-order valence-corrected chi connectivity index (χ4v) is 6.50. The molecule has 4 N–H and O–H groups in total. The summed E-state index contributed by atoms with van der Waals surface area (Å²) < 4.78 is 0. The molecule has 2 aromatic carbocycles. The maximum absolute atomic E-state index is 13.4. The number of benzene rings is 2. The maximum atomic E-state index is 13.4. The summed E-state index contributed by atoms with van der Waals surface area (Å²) in [6.07, 6.45) is 3.90. The molecule has 5 unspecified atom stereocenters. The van der Waals surface area contributed by atoms with Gasteiger partial charge in [-0.3, -0.25) is 14.4 Å². The molecule has 40 heavy (non-hydrogen) atoms. The summed E-state index contributed by atoms with van der Waals surface area (Å²) >= 11 is 1.53. The summed E-state index contributed by atoms with van der Waals surface area (Å²) in [5.74, 6) is 0.280. The number of thioether (sulfide) groups is 1. The van der Waals surface area contributed by atoms with E-state index in [-0.39, 0.29) is 30.2 Å². The van der Waals surface area contributed by atoms with E-state index in [1.807, 2.05) is 51.1 Å². The van der Waals surface area contributed by atoms with Crippen LogP contribution in [0.3, 0.4) is 0 Å². The highest BCUT2D eigenvalue weighted by molar-refractivity contribution is 7.99. The molecule has 0 spiro atoms. The Morgan fingerprint density at radius 1 is 1.10 bits per heavy atom. The predicted molar refractivity (Wildman–Crippen MR) is 157 cm³/mol. The van der Waals surface area contributed by atoms with E-state index in [9.17, 15) is 19.8 Å². The molecular formula is C31H43N3O5S. The Labute approximate surface area is 241 Å². The third kappa shape index (κ3) is 8.00. The molecule has 1 saturated heterocycles. The number of carbonyl (C=O) groups excluding carboxylic acids is 2. The van der Waals surface area contributed by atoms with E-state index in [2.05, 4.69) is 10.6 Å². The average molecular weight is 570 g/mol. The molecule has 2 amide bonds. The Morgan fingerprint density at radius 3 is 2.55 bits per heavy atom. The van der Waals surface area contributed by atoms with Crippen LogP contribution in [-0.4, -0.2) is 69.2 Å². The van der Waals surface area contributed by atoms with Gasteiger partial charge in [0.05, 0.1) is 24.8 Å². The van der Waals surface area contributed by atoms with Gasteiger partial charge in [-0.15, -0.1) is 11.8 Å². The minimum Gasteiger partial charge on any atom is -0.508 e. The summed E-state index contributed by atoms with van der Waals surface area (Å²) in [5, 5.41) is 29.4. The fraction of sp³-hybridized carbons (Fsp3) is 0.548. The minimum absolute atomic E-state index is 0.0290. The Bertz CT molecular complexity index is 1160. The van der Waals surface area contributed by atoms with Gasteiger partial charge in [-0.25, -0.2) is 0 Å². The quantitative estimate of drug-likeness (QED) is 0.331. The van der Waals surface area contributed by atoms with Gasteiger partial charge >= 0.3 is 0 Å². The molecule has 2 aromatic rings. The van der Waals surface area contributed by atoms with Crippen molar-refractivity contribution in [1.82, 2.24) is 15.7 Å². The second kappa shape index (κ2) is 13.4. The number of carbonyl (C=O) groups is 2. The predicted octanol–water partition coefficient (Wildman–Crippen LogP) is 4.43. The van der Waals surface area contributed by atoms with Crippen molar-refractivity contribution in [2.24, 2.45) is 5.92 Å². The van der Waals surface area contributed by atoms with Crippen molar-refractivity contribution in [1.29, 1.82) is 0 Å². The van der Waals surface area contributed by atoms with Crippen molar-refractivity contribution in [3.05, 3.63) is 59.7 Å². The van der Waals surface area contributed by atoms with Crippen LogP contribution in [0.1, 0.15) is 68.8 Å². The molecule has 1 saturated carbocycles. The lowest BCUT2D eigenvalue weighted by Gasteiger charge is -2.46. The molecule has 0 aromatic heterocycles. The van der Waals surface area contributed by atoms with E-state index in [1.165, 1.54) is 11.8 Å². The number of aromatic hydroxyl groups is 1. The van der Waals surface area contributed by atoms with Gasteiger partial charge in [0.2, 0.25) is 5.91 Å². The molecule has 0 radical (unpaired) electrons. The fourth-order valence-electron chi connectivity index (χ4n) is 5.47. The Balaban J connectivity index is 1.54. The number of fused-ring (bicyclic) bond motifs is 1. The summed E-state index contributed by atoms with van der Waals surface area (Å²) in [4.78, 5) is 34.1. The Hall–Kier alpha value is -2.59. The number of nitrogens with zero attached hydrogens (tertiary/aromatic N) is 1.